The van der Waals surface area contributed by atoms with Crippen LogP contribution in [0.25, 0.3) is 0 Å². The summed E-state index contributed by atoms with van der Waals surface area (Å²) < 4.78 is 7.94. The van der Waals surface area contributed by atoms with Crippen LogP contribution in [0.4, 0.5) is 0 Å². The van der Waals surface area contributed by atoms with Crippen molar-refractivity contribution in [2.45, 2.75) is 0 Å². The zero-order valence-corrected chi connectivity index (χ0v) is 4.46. The van der Waals surface area contributed by atoms with Gasteiger partial charge >= 0.3 is 19.5 Å². The van der Waals surface area contributed by atoms with Crippen molar-refractivity contribution >= 4 is 0 Å². The molecule has 0 unspecified atom stereocenters. The van der Waals surface area contributed by atoms with Crippen LogP contribution in [-0.4, -0.2) is 0 Å². The zero-order valence-electron chi connectivity index (χ0n) is 1.39. The SMILES string of the molecule is [Co].[Ni].[O]=[Co]. The average Bonchev–Trinajstić information content (AvgIpc) is 1.00. The first-order chi connectivity index (χ1) is 1.00. The predicted octanol–water partition coefficient (Wildman–Crippen LogP) is -0.126. The van der Waals surface area contributed by atoms with Gasteiger partial charge in [-0.3, -0.25) is 0 Å². The van der Waals surface area contributed by atoms with Crippen LogP contribution in [0.3, 0.4) is 0 Å². The van der Waals surface area contributed by atoms with Crippen LogP contribution >= 0.6 is 0 Å². The normalized spacial score (nSPS) is 1.25. The molecule has 0 aromatic heterocycles. The Balaban J connectivity index is -0.00000000500. The van der Waals surface area contributed by atoms with E-state index in [2.05, 4.69) is 15.7 Å². The van der Waals surface area contributed by atoms with Crippen molar-refractivity contribution in [2.24, 2.45) is 0 Å². The van der Waals surface area contributed by atoms with E-state index in [1.807, 2.05) is 0 Å². The summed E-state index contributed by atoms with van der Waals surface area (Å²) in [6, 6.07) is 0. The number of hydrogen-bond donors (Lipinski definition) is 0. The molecular weight excluding hydrogens is 193 g/mol. The second kappa shape index (κ2) is 27.6. The summed E-state index contributed by atoms with van der Waals surface area (Å²) in [6.45, 7) is 0. The molecule has 4 heteroatoms. The third-order valence-electron chi connectivity index (χ3n) is 0. The summed E-state index contributed by atoms with van der Waals surface area (Å²) in [4.78, 5) is 0. The predicted molar refractivity (Wildman–Crippen MR) is 0.686 cm³/mol. The summed E-state index contributed by atoms with van der Waals surface area (Å²) in [5.41, 5.74) is 0. The van der Waals surface area contributed by atoms with Crippen LogP contribution in [0.1, 0.15) is 0 Å². The molecule has 0 spiro atoms. The van der Waals surface area contributed by atoms with E-state index in [9.17, 15) is 0 Å². The van der Waals surface area contributed by atoms with Gasteiger partial charge in [-0.15, -0.1) is 0 Å². The van der Waals surface area contributed by atoms with Gasteiger partial charge in [0, 0.05) is 33.3 Å². The molecule has 0 aliphatic rings. The van der Waals surface area contributed by atoms with Crippen molar-refractivity contribution < 1.29 is 52.8 Å². The van der Waals surface area contributed by atoms with E-state index in [1.165, 1.54) is 0 Å². The van der Waals surface area contributed by atoms with Crippen molar-refractivity contribution in [2.75, 3.05) is 0 Å². The summed E-state index contributed by atoms with van der Waals surface area (Å²) in [5, 5.41) is 0. The van der Waals surface area contributed by atoms with E-state index in [0.29, 0.717) is 0 Å². The van der Waals surface area contributed by atoms with E-state index in [-0.39, 0.29) is 33.3 Å². The van der Waals surface area contributed by atoms with Gasteiger partial charge in [-0.1, -0.05) is 0 Å². The molecule has 0 fully saturated rings. The number of rotatable bonds is 0. The van der Waals surface area contributed by atoms with Crippen LogP contribution in [0.15, 0.2) is 0 Å². The van der Waals surface area contributed by atoms with Gasteiger partial charge in [-0.05, 0) is 0 Å². The van der Waals surface area contributed by atoms with Crippen molar-refractivity contribution in [3.05, 3.63) is 0 Å². The standard InChI is InChI=1S/2Co.Ni.O. The second-order valence-electron chi connectivity index (χ2n) is 0. The molecule has 0 atom stereocenters. The molecule has 0 saturated heterocycles. The molecule has 0 aliphatic carbocycles. The summed E-state index contributed by atoms with van der Waals surface area (Å²) in [5.74, 6) is 0. The maximum absolute atomic E-state index is 7.94. The van der Waals surface area contributed by atoms with Gasteiger partial charge in [0.25, 0.3) is 0 Å². The summed E-state index contributed by atoms with van der Waals surface area (Å²) >= 11 is 2.31. The molecular formula is Co2NiO. The molecule has 0 N–H and O–H groups in total. The fourth-order valence-corrected chi connectivity index (χ4v) is 0. The zero-order chi connectivity index (χ0) is 2.00. The minimum atomic E-state index is 0. The molecule has 0 rings (SSSR count). The number of hydrogen-bond acceptors (Lipinski definition) is 1. The van der Waals surface area contributed by atoms with Gasteiger partial charge in [-0.2, -0.15) is 0 Å². The van der Waals surface area contributed by atoms with Gasteiger partial charge < -0.3 is 0 Å². The first-order valence-corrected chi connectivity index (χ1v) is 0.561. The van der Waals surface area contributed by atoms with Crippen LogP contribution in [0, 0.1) is 0 Å². The summed E-state index contributed by atoms with van der Waals surface area (Å²) in [7, 11) is 0. The first kappa shape index (κ1) is 18.5. The van der Waals surface area contributed by atoms with Crippen LogP contribution in [0.5, 0.6) is 0 Å². The summed E-state index contributed by atoms with van der Waals surface area (Å²) in [6.07, 6.45) is 0. The topological polar surface area (TPSA) is 17.1 Å². The van der Waals surface area contributed by atoms with Crippen LogP contribution < -0.4 is 0 Å². The Morgan fingerprint density at radius 2 is 1.25 bits per heavy atom. The van der Waals surface area contributed by atoms with Crippen molar-refractivity contribution in [1.82, 2.24) is 0 Å². The Morgan fingerprint density at radius 3 is 1.25 bits per heavy atom. The molecule has 0 saturated carbocycles. The van der Waals surface area contributed by atoms with Gasteiger partial charge in [0.05, 0.1) is 0 Å². The molecule has 0 bridgehead atoms. The van der Waals surface area contributed by atoms with E-state index in [0.717, 1.165) is 0 Å². The molecule has 34 valence electrons. The Morgan fingerprint density at radius 1 is 1.25 bits per heavy atom. The molecule has 0 amide bonds. The molecule has 1 nitrogen and oxygen atoms in total. The Kier molecular flexibility index (Phi) is 128. The molecule has 0 aromatic rings. The molecule has 0 aliphatic heterocycles. The molecule has 1 radical (unpaired) electrons. The van der Waals surface area contributed by atoms with E-state index < -0.39 is 0 Å². The molecule has 0 heterocycles. The maximum atomic E-state index is 7.94. The Bertz CT molecular complexity index is 6.00. The molecule has 0 aromatic carbocycles. The fraction of sp³-hybridized carbons (Fsp3) is 0. The van der Waals surface area contributed by atoms with E-state index in [1.54, 1.807) is 0 Å². The minimum absolute atomic E-state index is 0. The average molecular weight is 193 g/mol. The van der Waals surface area contributed by atoms with Crippen LogP contribution in [-0.2, 0) is 52.8 Å². The Labute approximate surface area is 52.8 Å². The van der Waals surface area contributed by atoms with E-state index in [4.69, 9.17) is 3.87 Å². The monoisotopic (exact) mass is 192 g/mol. The van der Waals surface area contributed by atoms with Gasteiger partial charge in [0.15, 0.2) is 0 Å². The van der Waals surface area contributed by atoms with Gasteiger partial charge in [0.2, 0.25) is 0 Å². The van der Waals surface area contributed by atoms with Crippen molar-refractivity contribution in [1.29, 1.82) is 0 Å². The third kappa shape index (κ3) is 10.3. The van der Waals surface area contributed by atoms with Gasteiger partial charge in [-0.25, -0.2) is 0 Å². The van der Waals surface area contributed by atoms with E-state index >= 15 is 0 Å². The Hall–Kier alpha value is 1.31. The molecule has 4 heavy (non-hydrogen) atoms. The van der Waals surface area contributed by atoms with Gasteiger partial charge in [0.1, 0.15) is 0 Å². The quantitative estimate of drug-likeness (QED) is 0.489. The second-order valence-corrected chi connectivity index (χ2v) is 0. The van der Waals surface area contributed by atoms with Crippen LogP contribution in [0.2, 0.25) is 0 Å². The van der Waals surface area contributed by atoms with Crippen molar-refractivity contribution in [3.63, 3.8) is 0 Å². The fourth-order valence-electron chi connectivity index (χ4n) is 0. The third-order valence-corrected chi connectivity index (χ3v) is 0. The first-order valence-electron chi connectivity index (χ1n) is 0.136. The van der Waals surface area contributed by atoms with Crippen molar-refractivity contribution in [3.8, 4) is 0 Å².